The number of nitrogens with zero attached hydrogens (tertiary/aromatic N) is 3. The van der Waals surface area contributed by atoms with Crippen LogP contribution < -0.4 is 10.2 Å². The van der Waals surface area contributed by atoms with Gasteiger partial charge in [0.1, 0.15) is 0 Å². The van der Waals surface area contributed by atoms with Gasteiger partial charge < -0.3 is 5.32 Å². The topological polar surface area (TPSA) is 69.0 Å². The van der Waals surface area contributed by atoms with E-state index in [4.69, 9.17) is 0 Å². The first kappa shape index (κ1) is 13.3. The number of hydrogen-bond acceptors (Lipinski definition) is 5. The Balaban J connectivity index is 1.72. The third-order valence-corrected chi connectivity index (χ3v) is 4.54. The van der Waals surface area contributed by atoms with Crippen molar-refractivity contribution in [2.75, 3.05) is 18.0 Å². The van der Waals surface area contributed by atoms with Gasteiger partial charge in [0.25, 0.3) is 0 Å². The summed E-state index contributed by atoms with van der Waals surface area (Å²) in [6.07, 6.45) is 11.2. The van der Waals surface area contributed by atoms with Gasteiger partial charge in [-0.15, -0.1) is 0 Å². The number of nitrogens with one attached hydrogen (secondary N) is 1. The van der Waals surface area contributed by atoms with E-state index in [0.717, 1.165) is 22.7 Å². The molecular formula is C14H16N4OS. The molecule has 3 rings (SSSR count). The Morgan fingerprint density at radius 2 is 2.40 bits per heavy atom. The fraction of sp³-hybridized carbons (Fsp3) is 0.500. The Morgan fingerprint density at radius 3 is 3.05 bits per heavy atom. The largest absolute Gasteiger partial charge is 0.316 e. The molecule has 0 bridgehead atoms. The summed E-state index contributed by atoms with van der Waals surface area (Å²) in [4.78, 5) is 18.6. The van der Waals surface area contributed by atoms with Crippen LogP contribution in [-0.2, 0) is 4.79 Å². The molecule has 1 atom stereocenters. The van der Waals surface area contributed by atoms with Crippen molar-refractivity contribution in [2.24, 2.45) is 11.8 Å². The zero-order valence-electron chi connectivity index (χ0n) is 11.1. The minimum Gasteiger partial charge on any atom is -0.316 e. The zero-order valence-corrected chi connectivity index (χ0v) is 11.9. The maximum atomic E-state index is 12.3. The van der Waals surface area contributed by atoms with E-state index in [0.29, 0.717) is 17.6 Å². The van der Waals surface area contributed by atoms with Gasteiger partial charge in [-0.25, -0.2) is 4.98 Å². The number of carbonyl (C=O) groups excluding carboxylic acids is 1. The van der Waals surface area contributed by atoms with E-state index in [1.807, 2.05) is 12.3 Å². The average Bonchev–Trinajstić information content (AvgIpc) is 2.95. The maximum Gasteiger partial charge on any atom is 0.246 e. The van der Waals surface area contributed by atoms with Crippen molar-refractivity contribution in [2.45, 2.75) is 19.3 Å². The van der Waals surface area contributed by atoms with Crippen LogP contribution in [0.2, 0.25) is 0 Å². The number of hydrogen-bond donors (Lipinski definition) is 1. The summed E-state index contributed by atoms with van der Waals surface area (Å²) in [6, 6.07) is 0. The van der Waals surface area contributed by atoms with Crippen LogP contribution in [0.1, 0.15) is 24.1 Å². The SMILES string of the molecule is N#CN(C(=O)C1CCNC1)c1ncc(/C=C/C2CC2)s1. The summed E-state index contributed by atoms with van der Waals surface area (Å²) < 4.78 is 0. The summed E-state index contributed by atoms with van der Waals surface area (Å²) in [6.45, 7) is 1.49. The highest BCUT2D eigenvalue weighted by molar-refractivity contribution is 7.16. The summed E-state index contributed by atoms with van der Waals surface area (Å²) in [7, 11) is 0. The summed E-state index contributed by atoms with van der Waals surface area (Å²) >= 11 is 1.39. The molecule has 2 fully saturated rings. The molecule has 0 aromatic carbocycles. The third kappa shape index (κ3) is 2.89. The fourth-order valence-electron chi connectivity index (χ4n) is 2.21. The van der Waals surface area contributed by atoms with E-state index in [1.165, 1.54) is 24.2 Å². The number of carbonyl (C=O) groups is 1. The minimum atomic E-state index is -0.149. The Morgan fingerprint density at radius 1 is 1.55 bits per heavy atom. The second kappa shape index (κ2) is 5.73. The molecule has 2 heterocycles. The van der Waals surface area contributed by atoms with Crippen LogP contribution in [-0.4, -0.2) is 24.0 Å². The summed E-state index contributed by atoms with van der Waals surface area (Å²) in [5.74, 6) is 0.451. The predicted molar refractivity (Wildman–Crippen MR) is 77.9 cm³/mol. The van der Waals surface area contributed by atoms with Gasteiger partial charge in [-0.2, -0.15) is 10.2 Å². The Bertz CT molecular complexity index is 564. The van der Waals surface area contributed by atoms with Gasteiger partial charge in [0, 0.05) is 17.6 Å². The number of allylic oxidation sites excluding steroid dienone is 1. The lowest BCUT2D eigenvalue weighted by Crippen LogP contribution is -2.33. The minimum absolute atomic E-state index is 0.107. The molecule has 1 aromatic rings. The quantitative estimate of drug-likeness (QED) is 0.679. The molecule has 1 aliphatic carbocycles. The van der Waals surface area contributed by atoms with Crippen LogP contribution in [0.25, 0.3) is 6.08 Å². The lowest BCUT2D eigenvalue weighted by Gasteiger charge is -2.14. The number of nitriles is 1. The van der Waals surface area contributed by atoms with E-state index in [1.54, 1.807) is 6.20 Å². The molecule has 0 spiro atoms. The summed E-state index contributed by atoms with van der Waals surface area (Å²) in [5.41, 5.74) is 0. The first-order valence-electron chi connectivity index (χ1n) is 6.86. The van der Waals surface area contributed by atoms with Crippen molar-refractivity contribution < 1.29 is 4.79 Å². The van der Waals surface area contributed by atoms with Crippen LogP contribution in [0.4, 0.5) is 5.13 Å². The number of amides is 1. The van der Waals surface area contributed by atoms with E-state index >= 15 is 0 Å². The standard InChI is InChI=1S/C14H16N4OS/c15-9-18(13(19)11-5-6-16-7-11)14-17-8-12(20-14)4-3-10-1-2-10/h3-4,8,10-11,16H,1-2,5-7H2/b4-3+. The molecule has 104 valence electrons. The smallest absolute Gasteiger partial charge is 0.246 e. The van der Waals surface area contributed by atoms with Crippen molar-refractivity contribution in [3.8, 4) is 6.19 Å². The van der Waals surface area contributed by atoms with Crippen molar-refractivity contribution in [1.29, 1.82) is 5.26 Å². The molecule has 1 saturated heterocycles. The lowest BCUT2D eigenvalue weighted by molar-refractivity contribution is -0.121. The number of aromatic nitrogens is 1. The number of anilines is 1. The average molecular weight is 288 g/mol. The maximum absolute atomic E-state index is 12.3. The van der Waals surface area contributed by atoms with E-state index in [-0.39, 0.29) is 11.8 Å². The molecule has 5 nitrogen and oxygen atoms in total. The second-order valence-electron chi connectivity index (χ2n) is 5.21. The van der Waals surface area contributed by atoms with E-state index < -0.39 is 0 Å². The Labute approximate surface area is 121 Å². The van der Waals surface area contributed by atoms with E-state index in [2.05, 4.69) is 16.4 Å². The van der Waals surface area contributed by atoms with Gasteiger partial charge in [0.2, 0.25) is 11.0 Å². The fourth-order valence-corrected chi connectivity index (χ4v) is 3.00. The van der Waals surface area contributed by atoms with Gasteiger partial charge >= 0.3 is 0 Å². The van der Waals surface area contributed by atoms with Crippen molar-refractivity contribution in [1.82, 2.24) is 10.3 Å². The van der Waals surface area contributed by atoms with Crippen molar-refractivity contribution in [3.63, 3.8) is 0 Å². The molecule has 2 aliphatic rings. The van der Waals surface area contributed by atoms with Gasteiger partial charge in [0.05, 0.1) is 5.92 Å². The van der Waals surface area contributed by atoms with Crippen LogP contribution in [0.3, 0.4) is 0 Å². The first-order chi connectivity index (χ1) is 9.78. The molecule has 1 saturated carbocycles. The van der Waals surface area contributed by atoms with Gasteiger partial charge in [-0.1, -0.05) is 17.4 Å². The van der Waals surface area contributed by atoms with Gasteiger partial charge in [0.15, 0.2) is 6.19 Å². The van der Waals surface area contributed by atoms with Crippen LogP contribution in [0.15, 0.2) is 12.3 Å². The highest BCUT2D eigenvalue weighted by Crippen LogP contribution is 2.32. The van der Waals surface area contributed by atoms with Crippen LogP contribution in [0, 0.1) is 23.3 Å². The molecule has 20 heavy (non-hydrogen) atoms. The van der Waals surface area contributed by atoms with Gasteiger partial charge in [-0.3, -0.25) is 4.79 Å². The number of thiazole rings is 1. The first-order valence-corrected chi connectivity index (χ1v) is 7.68. The predicted octanol–water partition coefficient (Wildman–Crippen LogP) is 1.99. The zero-order chi connectivity index (χ0) is 13.9. The monoisotopic (exact) mass is 288 g/mol. The third-order valence-electron chi connectivity index (χ3n) is 3.59. The highest BCUT2D eigenvalue weighted by atomic mass is 32.1. The number of rotatable bonds is 4. The van der Waals surface area contributed by atoms with Crippen LogP contribution >= 0.6 is 11.3 Å². The molecular weight excluding hydrogens is 272 g/mol. The van der Waals surface area contributed by atoms with Gasteiger partial charge in [-0.05, 0) is 37.8 Å². The molecule has 1 aliphatic heterocycles. The molecule has 1 N–H and O–H groups in total. The second-order valence-corrected chi connectivity index (χ2v) is 6.25. The molecule has 1 aromatic heterocycles. The van der Waals surface area contributed by atoms with Crippen molar-refractivity contribution >= 4 is 28.5 Å². The Kier molecular flexibility index (Phi) is 3.81. The normalized spacial score (nSPS) is 22.1. The Hall–Kier alpha value is -1.71. The molecule has 6 heteroatoms. The van der Waals surface area contributed by atoms with Crippen LogP contribution in [0.5, 0.6) is 0 Å². The van der Waals surface area contributed by atoms with Crippen molar-refractivity contribution in [3.05, 3.63) is 17.2 Å². The molecule has 1 amide bonds. The highest BCUT2D eigenvalue weighted by Gasteiger charge is 2.29. The lowest BCUT2D eigenvalue weighted by atomic mass is 10.1. The summed E-state index contributed by atoms with van der Waals surface area (Å²) in [5, 5.41) is 12.8. The van der Waals surface area contributed by atoms with E-state index in [9.17, 15) is 10.1 Å². The molecule has 0 radical (unpaired) electrons. The molecule has 1 unspecified atom stereocenters.